The van der Waals surface area contributed by atoms with Gasteiger partial charge in [0.2, 0.25) is 17.3 Å². The first kappa shape index (κ1) is 35.7. The molecular formula is C52H44N8. The summed E-state index contributed by atoms with van der Waals surface area (Å²) < 4.78 is 6.59. The van der Waals surface area contributed by atoms with Crippen LogP contribution in [0.1, 0.15) is 44.9 Å². The van der Waals surface area contributed by atoms with Crippen molar-refractivity contribution >= 4 is 73.2 Å². The lowest BCUT2D eigenvalue weighted by atomic mass is 9.84. The summed E-state index contributed by atoms with van der Waals surface area (Å²) in [5.74, 6) is 2.33. The van der Waals surface area contributed by atoms with Crippen LogP contribution in [0.4, 0.5) is 22.7 Å². The Bertz CT molecular complexity index is 3320. The SMILES string of the molecule is Cc1ccc(C(c2ccc(C)cc2)c2ccc3c(c2)nc2n3c3nc4cc(N(C)c5ccc(C)cc5)ccc4n3c3nc4cc(N(C)c5ccc(C)cc5)ccc4n23)cc1. The molecule has 4 aromatic heterocycles. The van der Waals surface area contributed by atoms with Crippen molar-refractivity contribution in [2.75, 3.05) is 23.9 Å². The maximum Gasteiger partial charge on any atom is 0.225 e. The number of aromatic nitrogens is 6. The van der Waals surface area contributed by atoms with Gasteiger partial charge in [0.1, 0.15) is 0 Å². The fraction of sp³-hybridized carbons (Fsp3) is 0.135. The molecule has 0 radical (unpaired) electrons. The second-order valence-electron chi connectivity index (χ2n) is 16.4. The van der Waals surface area contributed by atoms with Crippen molar-refractivity contribution in [1.29, 1.82) is 0 Å². The molecule has 0 aliphatic heterocycles. The molecule has 8 heteroatoms. The Kier molecular flexibility index (Phi) is 8.07. The molecule has 0 bridgehead atoms. The summed E-state index contributed by atoms with van der Waals surface area (Å²) in [5, 5.41) is 0. The zero-order valence-corrected chi connectivity index (χ0v) is 34.6. The van der Waals surface area contributed by atoms with Gasteiger partial charge in [0, 0.05) is 42.8 Å². The zero-order chi connectivity index (χ0) is 40.8. The third kappa shape index (κ3) is 5.70. The summed E-state index contributed by atoms with van der Waals surface area (Å²) in [4.78, 5) is 20.7. The number of hydrogen-bond donors (Lipinski definition) is 0. The van der Waals surface area contributed by atoms with Gasteiger partial charge in [-0.2, -0.15) is 0 Å². The maximum absolute atomic E-state index is 5.46. The van der Waals surface area contributed by atoms with Gasteiger partial charge in [-0.3, -0.25) is 0 Å². The molecule has 7 aromatic carbocycles. The highest BCUT2D eigenvalue weighted by atomic mass is 15.3. The second-order valence-corrected chi connectivity index (χ2v) is 16.4. The number of anilines is 4. The minimum absolute atomic E-state index is 0.0384. The van der Waals surface area contributed by atoms with E-state index in [9.17, 15) is 0 Å². The number of aryl methyl sites for hydroxylation is 4. The standard InChI is InChI=1S/C52H44N8/c1-32-7-15-36(16-8-32)49(37-17-9-33(2)10-18-37)38-19-26-46-43(29-38)53-50-58(46)51-54-45-31-42(57(6)40-22-13-35(4)14-23-40)25-28-48(45)60(51)52-55-44-30-41(24-27-47(44)59(50)52)56(5)39-20-11-34(3)12-21-39/h7-31,49H,1-6H3. The van der Waals surface area contributed by atoms with Crippen molar-refractivity contribution in [3.63, 3.8) is 0 Å². The molecule has 0 saturated carbocycles. The van der Waals surface area contributed by atoms with Crippen LogP contribution in [0.25, 0.3) is 50.4 Å². The van der Waals surface area contributed by atoms with Crippen LogP contribution in [0.5, 0.6) is 0 Å². The van der Waals surface area contributed by atoms with Gasteiger partial charge < -0.3 is 9.80 Å². The minimum Gasteiger partial charge on any atom is -0.345 e. The van der Waals surface area contributed by atoms with Crippen LogP contribution in [0.3, 0.4) is 0 Å². The molecule has 11 aromatic rings. The Hall–Kier alpha value is -7.45. The fourth-order valence-electron chi connectivity index (χ4n) is 8.76. The highest BCUT2D eigenvalue weighted by Crippen LogP contribution is 2.37. The van der Waals surface area contributed by atoms with Crippen LogP contribution in [0.15, 0.2) is 152 Å². The topological polar surface area (TPSA) is 58.4 Å². The van der Waals surface area contributed by atoms with E-state index in [1.54, 1.807) is 0 Å². The predicted octanol–water partition coefficient (Wildman–Crippen LogP) is 12.0. The largest absolute Gasteiger partial charge is 0.345 e. The van der Waals surface area contributed by atoms with Crippen molar-refractivity contribution in [3.05, 3.63) is 191 Å². The minimum atomic E-state index is 0.0384. The quantitative estimate of drug-likeness (QED) is 0.151. The molecule has 0 unspecified atom stereocenters. The highest BCUT2D eigenvalue weighted by Gasteiger charge is 2.24. The molecule has 0 spiro atoms. The van der Waals surface area contributed by atoms with Crippen LogP contribution < -0.4 is 9.80 Å². The van der Waals surface area contributed by atoms with E-state index in [1.165, 1.54) is 38.9 Å². The Balaban J connectivity index is 1.16. The van der Waals surface area contributed by atoms with Crippen LogP contribution in [-0.4, -0.2) is 42.2 Å². The molecule has 4 heterocycles. The Morgan fingerprint density at radius 1 is 0.350 bits per heavy atom. The molecular weight excluding hydrogens is 737 g/mol. The molecule has 11 rings (SSSR count). The van der Waals surface area contributed by atoms with Crippen molar-refractivity contribution in [2.24, 2.45) is 0 Å². The second kappa shape index (κ2) is 13.6. The first-order valence-corrected chi connectivity index (χ1v) is 20.5. The molecule has 0 aliphatic rings. The van der Waals surface area contributed by atoms with E-state index in [4.69, 9.17) is 15.0 Å². The van der Waals surface area contributed by atoms with Gasteiger partial charge >= 0.3 is 0 Å². The van der Waals surface area contributed by atoms with Crippen LogP contribution >= 0.6 is 0 Å². The molecule has 0 aliphatic carbocycles. The fourth-order valence-corrected chi connectivity index (χ4v) is 8.76. The molecule has 0 atom stereocenters. The molecule has 0 N–H and O–H groups in total. The van der Waals surface area contributed by atoms with Crippen molar-refractivity contribution in [1.82, 2.24) is 28.2 Å². The average molecular weight is 781 g/mol. The van der Waals surface area contributed by atoms with E-state index >= 15 is 0 Å². The van der Waals surface area contributed by atoms with Gasteiger partial charge in [0.05, 0.1) is 33.1 Å². The molecule has 292 valence electrons. The van der Waals surface area contributed by atoms with Gasteiger partial charge in [-0.1, -0.05) is 101 Å². The van der Waals surface area contributed by atoms with Crippen LogP contribution in [0.2, 0.25) is 0 Å². The van der Waals surface area contributed by atoms with E-state index in [1.807, 2.05) is 0 Å². The number of rotatable bonds is 7. The van der Waals surface area contributed by atoms with Crippen molar-refractivity contribution < 1.29 is 0 Å². The lowest BCUT2D eigenvalue weighted by Gasteiger charge is -2.19. The summed E-state index contributed by atoms with van der Waals surface area (Å²) in [6.45, 7) is 8.51. The van der Waals surface area contributed by atoms with E-state index < -0.39 is 0 Å². The summed E-state index contributed by atoms with van der Waals surface area (Å²) in [6, 6.07) is 54.8. The average Bonchev–Trinajstić information content (AvgIpc) is 3.96. The van der Waals surface area contributed by atoms with Gasteiger partial charge in [-0.15, -0.1) is 0 Å². The van der Waals surface area contributed by atoms with Gasteiger partial charge in [-0.25, -0.2) is 28.2 Å². The number of benzene rings is 7. The van der Waals surface area contributed by atoms with Gasteiger partial charge in [0.15, 0.2) is 0 Å². The van der Waals surface area contributed by atoms with Crippen LogP contribution in [-0.2, 0) is 0 Å². The van der Waals surface area contributed by atoms with E-state index in [0.29, 0.717) is 0 Å². The van der Waals surface area contributed by atoms with E-state index in [0.717, 1.165) is 73.2 Å². The molecule has 8 nitrogen and oxygen atoms in total. The Morgan fingerprint density at radius 3 is 1.03 bits per heavy atom. The normalized spacial score (nSPS) is 12.0. The highest BCUT2D eigenvalue weighted by molar-refractivity contribution is 5.93. The third-order valence-electron chi connectivity index (χ3n) is 12.3. The number of fused-ring (bicyclic) bond motifs is 12. The van der Waals surface area contributed by atoms with E-state index in [-0.39, 0.29) is 5.92 Å². The van der Waals surface area contributed by atoms with Crippen molar-refractivity contribution in [3.8, 4) is 0 Å². The lowest BCUT2D eigenvalue weighted by Crippen LogP contribution is -2.09. The first-order chi connectivity index (χ1) is 29.2. The lowest BCUT2D eigenvalue weighted by molar-refractivity contribution is 0.976. The Labute approximate surface area is 348 Å². The number of hydrogen-bond acceptors (Lipinski definition) is 5. The van der Waals surface area contributed by atoms with Crippen LogP contribution in [0, 0.1) is 27.7 Å². The van der Waals surface area contributed by atoms with Crippen molar-refractivity contribution in [2.45, 2.75) is 33.6 Å². The molecule has 0 saturated heterocycles. The molecule has 0 fully saturated rings. The summed E-state index contributed by atoms with van der Waals surface area (Å²) >= 11 is 0. The monoisotopic (exact) mass is 780 g/mol. The summed E-state index contributed by atoms with van der Waals surface area (Å²) in [6.07, 6.45) is 0. The first-order valence-electron chi connectivity index (χ1n) is 20.5. The summed E-state index contributed by atoms with van der Waals surface area (Å²) in [5.41, 5.74) is 18.6. The smallest absolute Gasteiger partial charge is 0.225 e. The van der Waals surface area contributed by atoms with Gasteiger partial charge in [0.25, 0.3) is 0 Å². The third-order valence-corrected chi connectivity index (χ3v) is 12.3. The predicted molar refractivity (Wildman–Crippen MR) is 247 cm³/mol. The maximum atomic E-state index is 5.46. The summed E-state index contributed by atoms with van der Waals surface area (Å²) in [7, 11) is 4.21. The van der Waals surface area contributed by atoms with E-state index in [2.05, 4.69) is 216 Å². The zero-order valence-electron chi connectivity index (χ0n) is 34.6. The van der Waals surface area contributed by atoms with Gasteiger partial charge in [-0.05, 0) is 117 Å². The molecule has 60 heavy (non-hydrogen) atoms. The number of nitrogens with zero attached hydrogens (tertiary/aromatic N) is 8. The Morgan fingerprint density at radius 2 is 0.650 bits per heavy atom. The molecule has 0 amide bonds. The number of imidazole rings is 3.